The second-order valence-electron chi connectivity index (χ2n) is 9.25. The molecule has 0 unspecified atom stereocenters. The van der Waals surface area contributed by atoms with Crippen molar-refractivity contribution in [2.75, 3.05) is 18.0 Å². The number of aromatic nitrogens is 2. The molecule has 37 heavy (non-hydrogen) atoms. The number of aliphatic hydroxyl groups is 1. The van der Waals surface area contributed by atoms with E-state index in [9.17, 15) is 13.5 Å². The number of nitrogens with zero attached hydrogens (tertiary/aromatic N) is 3. The maximum atomic E-state index is 13.7. The van der Waals surface area contributed by atoms with Crippen LogP contribution in [0.2, 0.25) is 0 Å². The van der Waals surface area contributed by atoms with Gasteiger partial charge in [0.1, 0.15) is 11.6 Å². The molecule has 1 heterocycles. The molecule has 1 aliphatic rings. The number of benzene rings is 3. The van der Waals surface area contributed by atoms with Crippen LogP contribution in [0, 0.1) is 0 Å². The first-order chi connectivity index (χ1) is 18.0. The molecule has 7 nitrogen and oxygen atoms in total. The minimum Gasteiger partial charge on any atom is -0.497 e. The lowest BCUT2D eigenvalue weighted by Crippen LogP contribution is -2.39. The van der Waals surface area contributed by atoms with Crippen molar-refractivity contribution in [3.05, 3.63) is 96.8 Å². The van der Waals surface area contributed by atoms with Crippen molar-refractivity contribution in [2.45, 2.75) is 42.7 Å². The fraction of sp³-hybridized carbons (Fsp3) is 0.276. The van der Waals surface area contributed by atoms with Crippen molar-refractivity contribution in [1.29, 1.82) is 0 Å². The number of methoxy groups -OCH3 is 1. The van der Waals surface area contributed by atoms with Gasteiger partial charge in [0.05, 0.1) is 47.9 Å². The zero-order chi connectivity index (χ0) is 25.8. The van der Waals surface area contributed by atoms with Crippen molar-refractivity contribution < 1.29 is 18.3 Å². The first-order valence-corrected chi connectivity index (χ1v) is 13.9. The molecule has 1 aromatic heterocycles. The lowest BCUT2D eigenvalue weighted by Gasteiger charge is -2.28. The lowest BCUT2D eigenvalue weighted by molar-refractivity contribution is 0.162. The number of fused-ring (bicyclic) bond motifs is 1. The fourth-order valence-electron chi connectivity index (χ4n) is 4.90. The quantitative estimate of drug-likeness (QED) is 0.311. The van der Waals surface area contributed by atoms with E-state index in [2.05, 4.69) is 16.7 Å². The first kappa shape index (κ1) is 25.0. The highest BCUT2D eigenvalue weighted by Gasteiger charge is 2.29. The number of hydrogen-bond acceptors (Lipinski definition) is 5. The molecule has 0 fully saturated rings. The summed E-state index contributed by atoms with van der Waals surface area (Å²) >= 11 is 0. The van der Waals surface area contributed by atoms with Crippen LogP contribution in [0.1, 0.15) is 31.0 Å². The summed E-state index contributed by atoms with van der Waals surface area (Å²) in [5, 5.41) is 11.4. The second-order valence-corrected chi connectivity index (χ2v) is 11.1. The van der Waals surface area contributed by atoms with Crippen LogP contribution in [0.3, 0.4) is 0 Å². The van der Waals surface area contributed by atoms with Crippen molar-refractivity contribution >= 4 is 26.7 Å². The number of sulfonamides is 1. The van der Waals surface area contributed by atoms with Crippen LogP contribution in [0.25, 0.3) is 11.0 Å². The van der Waals surface area contributed by atoms with Crippen molar-refractivity contribution in [3.8, 4) is 5.75 Å². The summed E-state index contributed by atoms with van der Waals surface area (Å²) in [6.07, 6.45) is 6.30. The molecule has 0 aliphatic heterocycles. The van der Waals surface area contributed by atoms with Gasteiger partial charge in [0.25, 0.3) is 10.0 Å². The van der Waals surface area contributed by atoms with Gasteiger partial charge in [0.15, 0.2) is 0 Å². The standard InChI is InChI=1S/C29H31N3O4S/c1-36-25-18-16-23(17-19-25)32(37(34,35)26-12-6-3-7-13-26)21-24(33)20-31-28-15-9-8-14-27(28)30-29(31)22-10-4-2-5-11-22/h2-4,6-9,12-19,22,24,33H,5,10-11,20-21H2,1H3/t22-,24-/m1/s1. The number of para-hydroxylation sites is 2. The molecular weight excluding hydrogens is 486 g/mol. The first-order valence-electron chi connectivity index (χ1n) is 12.5. The zero-order valence-electron chi connectivity index (χ0n) is 20.8. The molecule has 2 atom stereocenters. The Balaban J connectivity index is 1.49. The molecule has 3 aromatic carbocycles. The van der Waals surface area contributed by atoms with Crippen LogP contribution in [-0.2, 0) is 16.6 Å². The predicted octanol–water partition coefficient (Wildman–Crippen LogP) is 5.13. The fourth-order valence-corrected chi connectivity index (χ4v) is 6.42. The monoisotopic (exact) mass is 517 g/mol. The Hall–Kier alpha value is -3.62. The molecule has 0 amide bonds. The van der Waals surface area contributed by atoms with Crippen LogP contribution in [0.5, 0.6) is 5.75 Å². The smallest absolute Gasteiger partial charge is 0.264 e. The van der Waals surface area contributed by atoms with E-state index in [1.807, 2.05) is 24.3 Å². The Kier molecular flexibility index (Phi) is 7.30. The van der Waals surface area contributed by atoms with E-state index in [0.29, 0.717) is 11.4 Å². The Bertz CT molecular complexity index is 1480. The molecule has 0 saturated heterocycles. The molecular formula is C29H31N3O4S. The van der Waals surface area contributed by atoms with E-state index in [1.54, 1.807) is 61.7 Å². The van der Waals surface area contributed by atoms with Gasteiger partial charge in [-0.25, -0.2) is 13.4 Å². The number of rotatable bonds is 9. The third-order valence-electron chi connectivity index (χ3n) is 6.78. The minimum absolute atomic E-state index is 0.111. The molecule has 0 saturated carbocycles. The van der Waals surface area contributed by atoms with Crippen LogP contribution in [0.15, 0.2) is 95.9 Å². The van der Waals surface area contributed by atoms with Gasteiger partial charge in [-0.3, -0.25) is 4.31 Å². The van der Waals surface area contributed by atoms with Gasteiger partial charge in [0, 0.05) is 5.92 Å². The summed E-state index contributed by atoms with van der Waals surface area (Å²) < 4.78 is 36.0. The third kappa shape index (κ3) is 5.26. The number of imidazole rings is 1. The number of hydrogen-bond donors (Lipinski definition) is 1. The van der Waals surface area contributed by atoms with E-state index >= 15 is 0 Å². The normalized spacial score (nSPS) is 16.5. The van der Waals surface area contributed by atoms with Gasteiger partial charge in [0.2, 0.25) is 0 Å². The van der Waals surface area contributed by atoms with Gasteiger partial charge >= 0.3 is 0 Å². The topological polar surface area (TPSA) is 84.7 Å². The number of allylic oxidation sites excluding steroid dienone is 2. The third-order valence-corrected chi connectivity index (χ3v) is 8.59. The summed E-state index contributed by atoms with van der Waals surface area (Å²) in [6, 6.07) is 23.0. The summed E-state index contributed by atoms with van der Waals surface area (Å²) in [7, 11) is -2.36. The highest BCUT2D eigenvalue weighted by atomic mass is 32.2. The van der Waals surface area contributed by atoms with Crippen LogP contribution in [-0.4, -0.2) is 42.8 Å². The largest absolute Gasteiger partial charge is 0.497 e. The predicted molar refractivity (Wildman–Crippen MR) is 145 cm³/mol. The number of anilines is 1. The summed E-state index contributed by atoms with van der Waals surface area (Å²) in [4.78, 5) is 5.08. The molecule has 5 rings (SSSR count). The molecule has 0 bridgehead atoms. The Morgan fingerprint density at radius 2 is 1.76 bits per heavy atom. The number of ether oxygens (including phenoxy) is 1. The van der Waals surface area contributed by atoms with Crippen LogP contribution >= 0.6 is 0 Å². The molecule has 4 aromatic rings. The van der Waals surface area contributed by atoms with Gasteiger partial charge in [-0.15, -0.1) is 0 Å². The van der Waals surface area contributed by atoms with E-state index in [-0.39, 0.29) is 23.9 Å². The zero-order valence-corrected chi connectivity index (χ0v) is 21.6. The minimum atomic E-state index is -3.92. The highest BCUT2D eigenvalue weighted by molar-refractivity contribution is 7.92. The SMILES string of the molecule is COc1ccc(N(C[C@H](O)Cn2c([C@@H]3CC=CCC3)nc3ccccc32)S(=O)(=O)c2ccccc2)cc1. The summed E-state index contributed by atoms with van der Waals surface area (Å²) in [5.41, 5.74) is 2.27. The average molecular weight is 518 g/mol. The molecule has 8 heteroatoms. The van der Waals surface area contributed by atoms with Crippen molar-refractivity contribution in [2.24, 2.45) is 0 Å². The number of aliphatic hydroxyl groups excluding tert-OH is 1. The molecule has 192 valence electrons. The van der Waals surface area contributed by atoms with Gasteiger partial charge < -0.3 is 14.4 Å². The molecule has 1 aliphatic carbocycles. The van der Waals surface area contributed by atoms with E-state index < -0.39 is 16.1 Å². The highest BCUT2D eigenvalue weighted by Crippen LogP contribution is 2.32. The Morgan fingerprint density at radius 1 is 1.03 bits per heavy atom. The van der Waals surface area contributed by atoms with Crippen molar-refractivity contribution in [3.63, 3.8) is 0 Å². The summed E-state index contributed by atoms with van der Waals surface area (Å²) in [6.45, 7) is 0.118. The van der Waals surface area contributed by atoms with Crippen LogP contribution < -0.4 is 9.04 Å². The molecule has 1 N–H and O–H groups in total. The van der Waals surface area contributed by atoms with E-state index in [1.165, 1.54) is 4.31 Å². The van der Waals surface area contributed by atoms with E-state index in [0.717, 1.165) is 36.1 Å². The second kappa shape index (κ2) is 10.8. The van der Waals surface area contributed by atoms with Crippen molar-refractivity contribution in [1.82, 2.24) is 9.55 Å². The average Bonchev–Trinajstić information content (AvgIpc) is 3.31. The maximum absolute atomic E-state index is 13.7. The van der Waals surface area contributed by atoms with E-state index in [4.69, 9.17) is 9.72 Å². The van der Waals surface area contributed by atoms with Gasteiger partial charge in [-0.2, -0.15) is 0 Å². The van der Waals surface area contributed by atoms with Gasteiger partial charge in [-0.1, -0.05) is 42.5 Å². The maximum Gasteiger partial charge on any atom is 0.264 e. The molecule has 0 spiro atoms. The summed E-state index contributed by atoms with van der Waals surface area (Å²) in [5.74, 6) is 1.82. The lowest BCUT2D eigenvalue weighted by atomic mass is 9.93. The molecule has 0 radical (unpaired) electrons. The Morgan fingerprint density at radius 3 is 2.46 bits per heavy atom. The van der Waals surface area contributed by atoms with Gasteiger partial charge in [-0.05, 0) is 67.8 Å². The van der Waals surface area contributed by atoms with Crippen LogP contribution in [0.4, 0.5) is 5.69 Å². The Labute approximate surface area is 217 Å².